The average molecular weight is 270 g/mol. The predicted octanol–water partition coefficient (Wildman–Crippen LogP) is 2.87. The van der Waals surface area contributed by atoms with E-state index in [2.05, 4.69) is 9.97 Å². The van der Waals surface area contributed by atoms with Crippen molar-refractivity contribution in [3.63, 3.8) is 0 Å². The Balaban J connectivity index is 2.38. The predicted molar refractivity (Wildman–Crippen MR) is 56.9 cm³/mol. The molecule has 0 saturated carbocycles. The molecule has 2 aromatic rings. The molecule has 7 heteroatoms. The molecule has 98 valence electrons. The zero-order chi connectivity index (χ0) is 14.0. The summed E-state index contributed by atoms with van der Waals surface area (Å²) in [5.41, 5.74) is -1.63. The average Bonchev–Trinajstić information content (AvgIpc) is 2.37. The smallest absolute Gasteiger partial charge is 0.287 e. The van der Waals surface area contributed by atoms with E-state index in [4.69, 9.17) is 0 Å². The zero-order valence-corrected chi connectivity index (χ0v) is 9.28. The molecule has 0 aliphatic rings. The van der Waals surface area contributed by atoms with Crippen LogP contribution in [0.15, 0.2) is 36.8 Å². The number of alkyl halides is 3. The second kappa shape index (κ2) is 4.75. The number of aromatic nitrogens is 2. The monoisotopic (exact) mass is 270 g/mol. The molecule has 0 unspecified atom stereocenters. The molecule has 1 aromatic carbocycles. The summed E-state index contributed by atoms with van der Waals surface area (Å²) >= 11 is 0. The van der Waals surface area contributed by atoms with E-state index in [0.717, 1.165) is 12.4 Å². The second-order valence-corrected chi connectivity index (χ2v) is 3.62. The van der Waals surface area contributed by atoms with Gasteiger partial charge in [-0.15, -0.1) is 0 Å². The van der Waals surface area contributed by atoms with Gasteiger partial charge in [0.15, 0.2) is 0 Å². The summed E-state index contributed by atoms with van der Waals surface area (Å²) in [5.74, 6) is -2.16. The van der Waals surface area contributed by atoms with Crippen LogP contribution in [-0.2, 0) is 6.18 Å². The van der Waals surface area contributed by atoms with Crippen molar-refractivity contribution in [2.24, 2.45) is 0 Å². The van der Waals surface area contributed by atoms with E-state index in [9.17, 15) is 22.4 Å². The number of hydrogen-bond donors (Lipinski definition) is 0. The van der Waals surface area contributed by atoms with Crippen molar-refractivity contribution in [3.8, 4) is 0 Å². The maximum Gasteiger partial charge on any atom is 0.419 e. The van der Waals surface area contributed by atoms with Crippen LogP contribution < -0.4 is 0 Å². The molecule has 0 aliphatic heterocycles. The van der Waals surface area contributed by atoms with E-state index in [1.165, 1.54) is 12.3 Å². The molecule has 0 fully saturated rings. The molecule has 0 N–H and O–H groups in total. The van der Waals surface area contributed by atoms with Crippen LogP contribution in [0, 0.1) is 5.82 Å². The molecule has 1 aromatic heterocycles. The Labute approximate surface area is 104 Å². The molecular formula is C12H6F4N2O. The van der Waals surface area contributed by atoms with E-state index in [-0.39, 0.29) is 11.3 Å². The SMILES string of the molecule is O=C(c1ccc(C(F)(F)F)c(F)c1)c1ccncn1. The molecule has 0 spiro atoms. The van der Waals surface area contributed by atoms with Gasteiger partial charge in [0.2, 0.25) is 5.78 Å². The van der Waals surface area contributed by atoms with Gasteiger partial charge in [-0.25, -0.2) is 14.4 Å². The highest BCUT2D eigenvalue weighted by atomic mass is 19.4. The van der Waals surface area contributed by atoms with Crippen molar-refractivity contribution < 1.29 is 22.4 Å². The van der Waals surface area contributed by atoms with Crippen molar-refractivity contribution in [3.05, 3.63) is 59.4 Å². The number of carbonyl (C=O) groups excluding carboxylic acids is 1. The largest absolute Gasteiger partial charge is 0.419 e. The molecule has 19 heavy (non-hydrogen) atoms. The summed E-state index contributed by atoms with van der Waals surface area (Å²) in [6.45, 7) is 0. The first kappa shape index (κ1) is 13.1. The number of hydrogen-bond acceptors (Lipinski definition) is 3. The number of nitrogens with zero attached hydrogens (tertiary/aromatic N) is 2. The van der Waals surface area contributed by atoms with Crippen molar-refractivity contribution in [2.75, 3.05) is 0 Å². The maximum absolute atomic E-state index is 13.3. The van der Waals surface area contributed by atoms with E-state index in [1.807, 2.05) is 0 Å². The van der Waals surface area contributed by atoms with Crippen LogP contribution in [0.2, 0.25) is 0 Å². The van der Waals surface area contributed by atoms with Gasteiger partial charge in [0.1, 0.15) is 17.8 Å². The minimum atomic E-state index is -4.79. The van der Waals surface area contributed by atoms with E-state index in [1.54, 1.807) is 0 Å². The molecule has 0 bridgehead atoms. The highest BCUT2D eigenvalue weighted by molar-refractivity contribution is 6.07. The second-order valence-electron chi connectivity index (χ2n) is 3.62. The van der Waals surface area contributed by atoms with Crippen LogP contribution in [0.1, 0.15) is 21.6 Å². The van der Waals surface area contributed by atoms with Crippen molar-refractivity contribution in [2.45, 2.75) is 6.18 Å². The third-order valence-electron chi connectivity index (χ3n) is 2.35. The summed E-state index contributed by atoms with van der Waals surface area (Å²) in [6.07, 6.45) is -2.37. The molecule has 0 atom stereocenters. The van der Waals surface area contributed by atoms with Crippen LogP contribution in [-0.4, -0.2) is 15.8 Å². The molecule has 0 aliphatic carbocycles. The van der Waals surface area contributed by atoms with Gasteiger partial charge in [0.25, 0.3) is 0 Å². The van der Waals surface area contributed by atoms with Gasteiger partial charge < -0.3 is 0 Å². The highest BCUT2D eigenvalue weighted by Crippen LogP contribution is 2.31. The number of ketones is 1. The lowest BCUT2D eigenvalue weighted by Gasteiger charge is -2.08. The van der Waals surface area contributed by atoms with Gasteiger partial charge in [0, 0.05) is 11.8 Å². The Hall–Kier alpha value is -2.31. The third-order valence-corrected chi connectivity index (χ3v) is 2.35. The van der Waals surface area contributed by atoms with Crippen LogP contribution in [0.3, 0.4) is 0 Å². The lowest BCUT2D eigenvalue weighted by atomic mass is 10.1. The first-order valence-corrected chi connectivity index (χ1v) is 5.07. The summed E-state index contributed by atoms with van der Waals surface area (Å²) in [4.78, 5) is 19.1. The maximum atomic E-state index is 13.3. The number of benzene rings is 1. The zero-order valence-electron chi connectivity index (χ0n) is 9.28. The van der Waals surface area contributed by atoms with Gasteiger partial charge in [0.05, 0.1) is 5.56 Å². The van der Waals surface area contributed by atoms with Crippen LogP contribution >= 0.6 is 0 Å². The molecule has 0 radical (unpaired) electrons. The van der Waals surface area contributed by atoms with Crippen LogP contribution in [0.5, 0.6) is 0 Å². The fraction of sp³-hybridized carbons (Fsp3) is 0.0833. The highest BCUT2D eigenvalue weighted by Gasteiger charge is 2.34. The van der Waals surface area contributed by atoms with E-state index in [0.29, 0.717) is 12.1 Å². The van der Waals surface area contributed by atoms with Gasteiger partial charge in [-0.1, -0.05) is 6.07 Å². The topological polar surface area (TPSA) is 42.9 Å². The summed E-state index contributed by atoms with van der Waals surface area (Å²) in [7, 11) is 0. The Morgan fingerprint density at radius 1 is 1.16 bits per heavy atom. The first-order valence-electron chi connectivity index (χ1n) is 5.07. The standard InChI is InChI=1S/C12H6F4N2O/c13-9-5-7(1-2-8(9)12(14,15)16)11(19)10-3-4-17-6-18-10/h1-6H. The van der Waals surface area contributed by atoms with E-state index >= 15 is 0 Å². The summed E-state index contributed by atoms with van der Waals surface area (Å²) < 4.78 is 50.4. The van der Waals surface area contributed by atoms with Gasteiger partial charge in [-0.05, 0) is 18.2 Å². The Morgan fingerprint density at radius 2 is 1.89 bits per heavy atom. The molecular weight excluding hydrogens is 264 g/mol. The lowest BCUT2D eigenvalue weighted by Crippen LogP contribution is -2.10. The fourth-order valence-electron chi connectivity index (χ4n) is 1.46. The lowest BCUT2D eigenvalue weighted by molar-refractivity contribution is -0.140. The third kappa shape index (κ3) is 2.75. The molecule has 2 rings (SSSR count). The minimum Gasteiger partial charge on any atom is -0.287 e. The van der Waals surface area contributed by atoms with Crippen LogP contribution in [0.25, 0.3) is 0 Å². The van der Waals surface area contributed by atoms with Crippen molar-refractivity contribution in [1.82, 2.24) is 9.97 Å². The van der Waals surface area contributed by atoms with Crippen molar-refractivity contribution >= 4 is 5.78 Å². The van der Waals surface area contributed by atoms with Gasteiger partial charge >= 0.3 is 6.18 Å². The van der Waals surface area contributed by atoms with Gasteiger partial charge in [-0.3, -0.25) is 4.79 Å². The van der Waals surface area contributed by atoms with Crippen molar-refractivity contribution in [1.29, 1.82) is 0 Å². The number of carbonyl (C=O) groups is 1. The Bertz CT molecular complexity index is 611. The quantitative estimate of drug-likeness (QED) is 0.622. The first-order chi connectivity index (χ1) is 8.89. The fourth-order valence-corrected chi connectivity index (χ4v) is 1.46. The summed E-state index contributed by atoms with van der Waals surface area (Å²) in [5, 5.41) is 0. The van der Waals surface area contributed by atoms with Gasteiger partial charge in [-0.2, -0.15) is 13.2 Å². The minimum absolute atomic E-state index is 0.0193. The summed E-state index contributed by atoms with van der Waals surface area (Å²) in [6, 6.07) is 3.28. The number of rotatable bonds is 2. The molecule has 3 nitrogen and oxygen atoms in total. The normalized spacial score (nSPS) is 11.4. The Kier molecular flexibility index (Phi) is 3.28. The van der Waals surface area contributed by atoms with E-state index < -0.39 is 23.3 Å². The van der Waals surface area contributed by atoms with Crippen LogP contribution in [0.4, 0.5) is 17.6 Å². The Morgan fingerprint density at radius 3 is 2.42 bits per heavy atom. The number of halogens is 4. The molecule has 0 saturated heterocycles. The molecule has 1 heterocycles. The molecule has 0 amide bonds.